The molecule has 0 bridgehead atoms. The lowest BCUT2D eigenvalue weighted by Crippen LogP contribution is -1.75. The third kappa shape index (κ3) is 1.62. The van der Waals surface area contributed by atoms with E-state index in [0.29, 0.717) is 0 Å². The fraction of sp³-hybridized carbons (Fsp3) is 0.111. The van der Waals surface area contributed by atoms with Gasteiger partial charge in [-0.2, -0.15) is 0 Å². The van der Waals surface area contributed by atoms with Crippen LogP contribution in [-0.2, 0) is 0 Å². The van der Waals surface area contributed by atoms with E-state index in [1.165, 1.54) is 12.0 Å². The molecule has 1 aromatic carbocycles. The van der Waals surface area contributed by atoms with Gasteiger partial charge in [0.2, 0.25) is 0 Å². The number of aromatic nitrogens is 1. The number of rotatable bonds is 2. The molecule has 0 radical (unpaired) electrons. The molecule has 2 aromatic rings. The summed E-state index contributed by atoms with van der Waals surface area (Å²) in [5, 5.41) is 1.74. The smallest absolute Gasteiger partial charge is 0.162 e. The Hall–Kier alpha value is -0.800. The zero-order chi connectivity index (χ0) is 9.26. The highest BCUT2D eigenvalue weighted by molar-refractivity contribution is 7.94. The molecule has 2 nitrogen and oxygen atoms in total. The third-order valence-electron chi connectivity index (χ3n) is 1.78. The lowest BCUT2D eigenvalue weighted by molar-refractivity contribution is 0.658. The lowest BCUT2D eigenvalue weighted by Gasteiger charge is -1.97. The summed E-state index contributed by atoms with van der Waals surface area (Å²) in [7, 11) is 0. The van der Waals surface area contributed by atoms with Gasteiger partial charge in [-0.05, 0) is 18.2 Å². The topological polar surface area (TPSA) is 25.0 Å². The average Bonchev–Trinajstić information content (AvgIpc) is 2.49. The fourth-order valence-corrected chi connectivity index (χ4v) is 1.72. The Labute approximate surface area is 85.4 Å². The van der Waals surface area contributed by atoms with Crippen LogP contribution in [0.5, 0.6) is 5.75 Å². The molecule has 1 heterocycles. The van der Waals surface area contributed by atoms with Gasteiger partial charge in [-0.3, -0.25) is 0 Å². The second kappa shape index (κ2) is 3.52. The molecule has 4 heteroatoms. The van der Waals surface area contributed by atoms with Crippen molar-refractivity contribution >= 4 is 34.5 Å². The van der Waals surface area contributed by atoms with Gasteiger partial charge in [0.25, 0.3) is 0 Å². The Morgan fingerprint density at radius 3 is 3.08 bits per heavy atom. The van der Waals surface area contributed by atoms with Crippen LogP contribution in [-0.4, -0.2) is 11.2 Å². The van der Waals surface area contributed by atoms with Crippen molar-refractivity contribution in [1.29, 1.82) is 0 Å². The molecule has 0 unspecified atom stereocenters. The number of fused-ring (bicyclic) bond motifs is 1. The molecular weight excluding hydrogens is 206 g/mol. The molecule has 0 saturated heterocycles. The minimum atomic E-state index is 0.720. The van der Waals surface area contributed by atoms with E-state index in [-0.39, 0.29) is 0 Å². The van der Waals surface area contributed by atoms with Crippen molar-refractivity contribution in [3.05, 3.63) is 29.4 Å². The van der Waals surface area contributed by atoms with Crippen LogP contribution in [0.1, 0.15) is 0 Å². The van der Waals surface area contributed by atoms with Gasteiger partial charge >= 0.3 is 0 Å². The van der Waals surface area contributed by atoms with Gasteiger partial charge in [-0.25, -0.2) is 0 Å². The van der Waals surface area contributed by atoms with Crippen molar-refractivity contribution in [2.45, 2.75) is 0 Å². The molecule has 1 aromatic heterocycles. The highest BCUT2D eigenvalue weighted by atomic mass is 35.5. The second-order valence-corrected chi connectivity index (χ2v) is 3.53. The Morgan fingerprint density at radius 1 is 1.46 bits per heavy atom. The average molecular weight is 214 g/mol. The summed E-state index contributed by atoms with van der Waals surface area (Å²) >= 11 is 7.19. The van der Waals surface area contributed by atoms with Crippen LogP contribution in [0.3, 0.4) is 0 Å². The molecule has 0 saturated carbocycles. The molecule has 13 heavy (non-hydrogen) atoms. The van der Waals surface area contributed by atoms with Crippen molar-refractivity contribution in [3.8, 4) is 5.75 Å². The van der Waals surface area contributed by atoms with Crippen LogP contribution < -0.4 is 4.18 Å². The summed E-state index contributed by atoms with van der Waals surface area (Å²) < 4.78 is 5.34. The van der Waals surface area contributed by atoms with Crippen molar-refractivity contribution < 1.29 is 4.18 Å². The minimum absolute atomic E-state index is 0.720. The number of nitrogens with one attached hydrogen (secondary N) is 1. The van der Waals surface area contributed by atoms with Crippen molar-refractivity contribution in [2.75, 3.05) is 6.26 Å². The SMILES string of the molecule is CSOc1c[nH]c2ccc(Cl)cc12. The molecule has 2 rings (SSSR count). The molecule has 0 amide bonds. The summed E-state index contributed by atoms with van der Waals surface area (Å²) in [6.45, 7) is 0. The zero-order valence-corrected chi connectivity index (χ0v) is 8.58. The Kier molecular flexibility index (Phi) is 2.38. The lowest BCUT2D eigenvalue weighted by atomic mass is 10.2. The Bertz CT molecular complexity index is 426. The number of H-pyrrole nitrogens is 1. The number of hydrogen-bond acceptors (Lipinski definition) is 2. The first-order chi connectivity index (χ1) is 6.31. The van der Waals surface area contributed by atoms with Gasteiger partial charge in [-0.15, -0.1) is 0 Å². The van der Waals surface area contributed by atoms with Gasteiger partial charge in [0, 0.05) is 28.4 Å². The van der Waals surface area contributed by atoms with Crippen LogP contribution in [0.4, 0.5) is 0 Å². The third-order valence-corrected chi connectivity index (χ3v) is 2.36. The molecule has 0 fully saturated rings. The van der Waals surface area contributed by atoms with Gasteiger partial charge in [0.05, 0.1) is 12.0 Å². The van der Waals surface area contributed by atoms with Crippen molar-refractivity contribution in [2.24, 2.45) is 0 Å². The predicted molar refractivity (Wildman–Crippen MR) is 57.5 cm³/mol. The molecule has 0 atom stereocenters. The fourth-order valence-electron chi connectivity index (χ4n) is 1.23. The van der Waals surface area contributed by atoms with Crippen molar-refractivity contribution in [3.63, 3.8) is 0 Å². The highest BCUT2D eigenvalue weighted by Crippen LogP contribution is 2.29. The van der Waals surface area contributed by atoms with Gasteiger partial charge < -0.3 is 9.17 Å². The zero-order valence-electron chi connectivity index (χ0n) is 7.00. The quantitative estimate of drug-likeness (QED) is 0.773. The normalized spacial score (nSPS) is 10.6. The van der Waals surface area contributed by atoms with Gasteiger partial charge in [0.15, 0.2) is 5.75 Å². The van der Waals surface area contributed by atoms with E-state index in [0.717, 1.165) is 21.7 Å². The standard InChI is InChI=1S/C9H8ClNOS/c1-13-12-9-5-11-8-3-2-6(10)4-7(8)9/h2-5,11H,1H3. The first kappa shape index (κ1) is 8.78. The summed E-state index contributed by atoms with van der Waals surface area (Å²) in [5.41, 5.74) is 1.04. The van der Waals surface area contributed by atoms with Crippen LogP contribution in [0.15, 0.2) is 24.4 Å². The van der Waals surface area contributed by atoms with E-state index in [1.807, 2.05) is 30.7 Å². The van der Waals surface area contributed by atoms with E-state index in [2.05, 4.69) is 4.98 Å². The molecule has 0 aliphatic carbocycles. The maximum Gasteiger partial charge on any atom is 0.162 e. The monoisotopic (exact) mass is 213 g/mol. The minimum Gasteiger partial charge on any atom is -0.424 e. The first-order valence-electron chi connectivity index (χ1n) is 3.78. The summed E-state index contributed by atoms with van der Waals surface area (Å²) in [6, 6.07) is 5.67. The number of halogens is 1. The summed E-state index contributed by atoms with van der Waals surface area (Å²) in [6.07, 6.45) is 3.71. The largest absolute Gasteiger partial charge is 0.424 e. The molecular formula is C9H8ClNOS. The van der Waals surface area contributed by atoms with Crippen LogP contribution in [0.2, 0.25) is 5.02 Å². The van der Waals surface area contributed by atoms with Crippen molar-refractivity contribution in [1.82, 2.24) is 4.98 Å². The highest BCUT2D eigenvalue weighted by Gasteiger charge is 2.04. The predicted octanol–water partition coefficient (Wildman–Crippen LogP) is 3.48. The molecule has 0 aliphatic rings. The van der Waals surface area contributed by atoms with E-state index in [9.17, 15) is 0 Å². The van der Waals surface area contributed by atoms with E-state index in [4.69, 9.17) is 15.8 Å². The summed E-state index contributed by atoms with van der Waals surface area (Å²) in [4.78, 5) is 3.10. The maximum atomic E-state index is 5.87. The Balaban J connectivity index is 2.58. The van der Waals surface area contributed by atoms with E-state index in [1.54, 1.807) is 0 Å². The number of aromatic amines is 1. The van der Waals surface area contributed by atoms with E-state index < -0.39 is 0 Å². The molecule has 68 valence electrons. The van der Waals surface area contributed by atoms with Crippen LogP contribution in [0.25, 0.3) is 10.9 Å². The van der Waals surface area contributed by atoms with E-state index >= 15 is 0 Å². The number of benzene rings is 1. The Morgan fingerprint density at radius 2 is 2.31 bits per heavy atom. The molecule has 1 N–H and O–H groups in total. The maximum absolute atomic E-state index is 5.87. The van der Waals surface area contributed by atoms with Gasteiger partial charge in [-0.1, -0.05) is 11.6 Å². The second-order valence-electron chi connectivity index (χ2n) is 2.59. The summed E-state index contributed by atoms with van der Waals surface area (Å²) in [5.74, 6) is 0.824. The van der Waals surface area contributed by atoms with Gasteiger partial charge in [0.1, 0.15) is 0 Å². The van der Waals surface area contributed by atoms with Crippen LogP contribution in [0, 0.1) is 0 Å². The molecule has 0 spiro atoms. The number of hydrogen-bond donors (Lipinski definition) is 1. The molecule has 0 aliphatic heterocycles. The van der Waals surface area contributed by atoms with Crippen LogP contribution >= 0.6 is 23.6 Å². The first-order valence-corrected chi connectivity index (χ1v) is 5.31.